The molecule has 2 saturated heterocycles. The van der Waals surface area contributed by atoms with Crippen LogP contribution in [0, 0.1) is 5.92 Å². The van der Waals surface area contributed by atoms with Crippen LogP contribution in [0.15, 0.2) is 24.3 Å². The van der Waals surface area contributed by atoms with Gasteiger partial charge in [0.15, 0.2) is 0 Å². The number of hydrogen-bond donors (Lipinski definition) is 1. The number of likely N-dealkylation sites (tertiary alicyclic amines) is 1. The molecule has 3 rings (SSSR count). The first-order valence-corrected chi connectivity index (χ1v) is 7.42. The van der Waals surface area contributed by atoms with Crippen molar-refractivity contribution < 1.29 is 9.53 Å². The second-order valence-corrected chi connectivity index (χ2v) is 5.70. The molecule has 2 heterocycles. The molecule has 1 unspecified atom stereocenters. The van der Waals surface area contributed by atoms with E-state index in [9.17, 15) is 4.79 Å². The van der Waals surface area contributed by atoms with E-state index in [2.05, 4.69) is 16.3 Å². The largest absolute Gasteiger partial charge is 0.496 e. The van der Waals surface area contributed by atoms with Gasteiger partial charge >= 0.3 is 0 Å². The van der Waals surface area contributed by atoms with Gasteiger partial charge in [-0.05, 0) is 30.9 Å². The number of carbonyl (C=O) groups excluding carboxylic acids is 1. The van der Waals surface area contributed by atoms with Gasteiger partial charge in [-0.15, -0.1) is 12.4 Å². The number of para-hydroxylation sites is 1. The molecule has 1 atom stereocenters. The molecule has 4 nitrogen and oxygen atoms in total. The summed E-state index contributed by atoms with van der Waals surface area (Å²) >= 11 is 0. The Labute approximate surface area is 132 Å². The smallest absolute Gasteiger partial charge is 0.228 e. The molecule has 0 saturated carbocycles. The number of nitrogens with zero attached hydrogens (tertiary/aromatic N) is 1. The Balaban J connectivity index is 0.00000161. The monoisotopic (exact) mass is 310 g/mol. The van der Waals surface area contributed by atoms with Crippen molar-refractivity contribution in [3.63, 3.8) is 0 Å². The average Bonchev–Trinajstić information content (AvgIpc) is 2.85. The molecule has 0 spiro atoms. The van der Waals surface area contributed by atoms with Crippen LogP contribution in [-0.2, 0) is 11.2 Å². The van der Waals surface area contributed by atoms with Crippen LogP contribution in [-0.4, -0.2) is 43.6 Å². The van der Waals surface area contributed by atoms with Crippen molar-refractivity contribution in [2.75, 3.05) is 26.7 Å². The van der Waals surface area contributed by atoms with Crippen LogP contribution >= 0.6 is 12.4 Å². The maximum atomic E-state index is 12.4. The third-order valence-electron chi connectivity index (χ3n) is 4.44. The van der Waals surface area contributed by atoms with Crippen LogP contribution in [0.1, 0.15) is 18.4 Å². The normalized spacial score (nSPS) is 21.6. The summed E-state index contributed by atoms with van der Waals surface area (Å²) in [7, 11) is 1.70. The van der Waals surface area contributed by atoms with Crippen LogP contribution < -0.4 is 10.1 Å². The summed E-state index contributed by atoms with van der Waals surface area (Å²) in [6.07, 6.45) is 3.12. The predicted molar refractivity (Wildman–Crippen MR) is 85.0 cm³/mol. The zero-order chi connectivity index (χ0) is 13.9. The van der Waals surface area contributed by atoms with E-state index in [1.165, 1.54) is 5.56 Å². The fraction of sp³-hybridized carbons (Fsp3) is 0.562. The summed E-state index contributed by atoms with van der Waals surface area (Å²) in [4.78, 5) is 14.5. The van der Waals surface area contributed by atoms with Crippen molar-refractivity contribution in [1.82, 2.24) is 10.2 Å². The van der Waals surface area contributed by atoms with E-state index in [-0.39, 0.29) is 18.3 Å². The molecule has 0 radical (unpaired) electrons. The summed E-state index contributed by atoms with van der Waals surface area (Å²) in [5.41, 5.74) is 1.20. The van der Waals surface area contributed by atoms with Crippen LogP contribution in [0.2, 0.25) is 0 Å². The van der Waals surface area contributed by atoms with Gasteiger partial charge in [-0.2, -0.15) is 0 Å². The number of ether oxygens (including phenoxy) is 1. The molecule has 2 aliphatic rings. The molecule has 0 aromatic heterocycles. The zero-order valence-electron chi connectivity index (χ0n) is 12.4. The lowest BCUT2D eigenvalue weighted by Crippen LogP contribution is -2.53. The number of rotatable bonds is 4. The Bertz CT molecular complexity index is 491. The highest BCUT2D eigenvalue weighted by atomic mass is 35.5. The zero-order valence-corrected chi connectivity index (χ0v) is 13.2. The van der Waals surface area contributed by atoms with Gasteiger partial charge in [-0.25, -0.2) is 0 Å². The third-order valence-corrected chi connectivity index (χ3v) is 4.44. The summed E-state index contributed by atoms with van der Waals surface area (Å²) in [5, 5.41) is 3.18. The summed E-state index contributed by atoms with van der Waals surface area (Å²) in [6, 6.07) is 8.45. The van der Waals surface area contributed by atoms with E-state index in [4.69, 9.17) is 4.74 Å². The van der Waals surface area contributed by atoms with Gasteiger partial charge in [-0.3, -0.25) is 4.79 Å². The van der Waals surface area contributed by atoms with Gasteiger partial charge in [0, 0.05) is 25.7 Å². The maximum Gasteiger partial charge on any atom is 0.228 e. The molecule has 2 fully saturated rings. The van der Waals surface area contributed by atoms with Gasteiger partial charge in [0.1, 0.15) is 5.75 Å². The van der Waals surface area contributed by atoms with E-state index in [1.807, 2.05) is 18.2 Å². The molecule has 1 N–H and O–H groups in total. The van der Waals surface area contributed by atoms with Crippen LogP contribution in [0.25, 0.3) is 0 Å². The van der Waals surface area contributed by atoms with Crippen molar-refractivity contribution in [2.24, 2.45) is 5.92 Å². The molecule has 2 aliphatic heterocycles. The minimum atomic E-state index is 0. The molecule has 1 aromatic carbocycles. The fourth-order valence-corrected chi connectivity index (χ4v) is 3.16. The first-order valence-electron chi connectivity index (χ1n) is 7.42. The van der Waals surface area contributed by atoms with Crippen molar-refractivity contribution >= 4 is 18.3 Å². The van der Waals surface area contributed by atoms with E-state index in [1.54, 1.807) is 7.11 Å². The second kappa shape index (κ2) is 7.14. The lowest BCUT2D eigenvalue weighted by molar-refractivity contribution is -0.137. The maximum absolute atomic E-state index is 12.4. The standard InChI is InChI=1S/C16H22N2O2.ClH/c1-20-15-7-3-2-5-12(15)9-14-6-4-8-18(14)16(19)13-10-17-11-13;/h2-3,5,7,13-14,17H,4,6,8-11H2,1H3;1H. The third kappa shape index (κ3) is 3.33. The average molecular weight is 311 g/mol. The Kier molecular flexibility index (Phi) is 5.48. The number of carbonyl (C=O) groups is 1. The topological polar surface area (TPSA) is 41.6 Å². The van der Waals surface area contributed by atoms with Crippen LogP contribution in [0.4, 0.5) is 0 Å². The van der Waals surface area contributed by atoms with Crippen molar-refractivity contribution in [1.29, 1.82) is 0 Å². The lowest BCUT2D eigenvalue weighted by Gasteiger charge is -2.33. The fourth-order valence-electron chi connectivity index (χ4n) is 3.16. The number of amides is 1. The summed E-state index contributed by atoms with van der Waals surface area (Å²) in [5.74, 6) is 1.46. The molecule has 0 aliphatic carbocycles. The van der Waals surface area contributed by atoms with E-state index >= 15 is 0 Å². The molecular weight excluding hydrogens is 288 g/mol. The van der Waals surface area contributed by atoms with Gasteiger partial charge in [0.25, 0.3) is 0 Å². The minimum absolute atomic E-state index is 0. The Morgan fingerprint density at radius 3 is 2.81 bits per heavy atom. The van der Waals surface area contributed by atoms with Gasteiger partial charge < -0.3 is 15.0 Å². The number of benzene rings is 1. The van der Waals surface area contributed by atoms with Crippen molar-refractivity contribution in [2.45, 2.75) is 25.3 Å². The summed E-state index contributed by atoms with van der Waals surface area (Å²) < 4.78 is 5.42. The SMILES string of the molecule is COc1ccccc1CC1CCCN1C(=O)C1CNC1.Cl. The molecule has 21 heavy (non-hydrogen) atoms. The first-order chi connectivity index (χ1) is 9.79. The molecular formula is C16H23ClN2O2. The van der Waals surface area contributed by atoms with Gasteiger partial charge in [-0.1, -0.05) is 18.2 Å². The second-order valence-electron chi connectivity index (χ2n) is 5.70. The molecule has 1 aromatic rings. The first kappa shape index (κ1) is 16.1. The number of nitrogens with one attached hydrogen (secondary N) is 1. The number of hydrogen-bond acceptors (Lipinski definition) is 3. The van der Waals surface area contributed by atoms with Crippen molar-refractivity contribution in [3.05, 3.63) is 29.8 Å². The van der Waals surface area contributed by atoms with E-state index < -0.39 is 0 Å². The molecule has 116 valence electrons. The number of halogens is 1. The number of methoxy groups -OCH3 is 1. The highest BCUT2D eigenvalue weighted by Gasteiger charge is 2.35. The Morgan fingerprint density at radius 2 is 2.14 bits per heavy atom. The molecule has 5 heteroatoms. The quantitative estimate of drug-likeness (QED) is 0.923. The lowest BCUT2D eigenvalue weighted by atomic mass is 9.99. The van der Waals surface area contributed by atoms with Gasteiger partial charge in [0.05, 0.1) is 13.0 Å². The highest BCUT2D eigenvalue weighted by molar-refractivity contribution is 5.85. The van der Waals surface area contributed by atoms with Crippen LogP contribution in [0.5, 0.6) is 5.75 Å². The highest BCUT2D eigenvalue weighted by Crippen LogP contribution is 2.27. The Morgan fingerprint density at radius 1 is 1.38 bits per heavy atom. The van der Waals surface area contributed by atoms with Gasteiger partial charge in [0.2, 0.25) is 5.91 Å². The van der Waals surface area contributed by atoms with E-state index in [0.29, 0.717) is 11.9 Å². The van der Waals surface area contributed by atoms with Crippen molar-refractivity contribution in [3.8, 4) is 5.75 Å². The van der Waals surface area contributed by atoms with E-state index in [0.717, 1.165) is 44.6 Å². The Hall–Kier alpha value is -1.26. The minimum Gasteiger partial charge on any atom is -0.496 e. The predicted octanol–water partition coefficient (Wildman–Crippen LogP) is 1.87. The molecule has 1 amide bonds. The molecule has 0 bridgehead atoms. The summed E-state index contributed by atoms with van der Waals surface area (Å²) in [6.45, 7) is 2.60. The van der Waals surface area contributed by atoms with Crippen LogP contribution in [0.3, 0.4) is 0 Å².